The molecule has 3 amide bonds. The summed E-state index contributed by atoms with van der Waals surface area (Å²) in [6.07, 6.45) is 1.99. The van der Waals surface area contributed by atoms with E-state index in [0.717, 1.165) is 12.0 Å². The van der Waals surface area contributed by atoms with E-state index in [-0.39, 0.29) is 36.4 Å². The van der Waals surface area contributed by atoms with Gasteiger partial charge in [0.2, 0.25) is 17.6 Å². The van der Waals surface area contributed by atoms with Gasteiger partial charge in [-0.2, -0.15) is 4.98 Å². The van der Waals surface area contributed by atoms with Gasteiger partial charge in [-0.05, 0) is 37.0 Å². The molecule has 0 radical (unpaired) electrons. The number of fused-ring (bicyclic) bond motifs is 1. The molecule has 5 rings (SSSR count). The van der Waals surface area contributed by atoms with Gasteiger partial charge in [0, 0.05) is 17.5 Å². The lowest BCUT2D eigenvalue weighted by atomic mass is 9.76. The van der Waals surface area contributed by atoms with Crippen LogP contribution in [0.25, 0.3) is 11.4 Å². The minimum absolute atomic E-state index is 0.0150. The SMILES string of the molecule is O=C1NC2CC(c3nc(-c4ccccc4Cl)no3)CCC2C(=O)N1Cc1ccccc1. The topological polar surface area (TPSA) is 88.3 Å². The Morgan fingerprint density at radius 3 is 2.65 bits per heavy atom. The van der Waals surface area contributed by atoms with Gasteiger partial charge in [-0.1, -0.05) is 59.2 Å². The third kappa shape index (κ3) is 3.81. The molecule has 1 saturated heterocycles. The summed E-state index contributed by atoms with van der Waals surface area (Å²) < 4.78 is 5.52. The molecule has 1 aliphatic heterocycles. The summed E-state index contributed by atoms with van der Waals surface area (Å²) in [6, 6.07) is 16.3. The highest BCUT2D eigenvalue weighted by Crippen LogP contribution is 2.39. The number of halogens is 1. The smallest absolute Gasteiger partial charge is 0.324 e. The molecule has 8 heteroatoms. The number of rotatable bonds is 4. The summed E-state index contributed by atoms with van der Waals surface area (Å²) in [4.78, 5) is 31.6. The molecule has 31 heavy (non-hydrogen) atoms. The molecule has 1 aliphatic carbocycles. The highest BCUT2D eigenvalue weighted by molar-refractivity contribution is 6.33. The molecule has 2 aromatic carbocycles. The summed E-state index contributed by atoms with van der Waals surface area (Å²) in [5, 5.41) is 7.66. The maximum absolute atomic E-state index is 13.0. The van der Waals surface area contributed by atoms with E-state index in [9.17, 15) is 9.59 Å². The van der Waals surface area contributed by atoms with Crippen LogP contribution in [-0.2, 0) is 11.3 Å². The van der Waals surface area contributed by atoms with Gasteiger partial charge in [0.15, 0.2) is 0 Å². The van der Waals surface area contributed by atoms with Crippen LogP contribution in [0.5, 0.6) is 0 Å². The zero-order valence-electron chi connectivity index (χ0n) is 16.7. The number of aromatic nitrogens is 2. The van der Waals surface area contributed by atoms with Crippen molar-refractivity contribution < 1.29 is 14.1 Å². The van der Waals surface area contributed by atoms with Crippen LogP contribution in [0.3, 0.4) is 0 Å². The molecule has 1 saturated carbocycles. The van der Waals surface area contributed by atoms with Crippen molar-refractivity contribution in [2.45, 2.75) is 37.8 Å². The van der Waals surface area contributed by atoms with Crippen LogP contribution in [0.4, 0.5) is 4.79 Å². The van der Waals surface area contributed by atoms with Crippen molar-refractivity contribution in [1.82, 2.24) is 20.4 Å². The summed E-state index contributed by atoms with van der Waals surface area (Å²) in [7, 11) is 0. The fourth-order valence-corrected chi connectivity index (χ4v) is 4.68. The van der Waals surface area contributed by atoms with Gasteiger partial charge < -0.3 is 9.84 Å². The standard InChI is InChI=1S/C23H21ClN4O3/c24-18-9-5-4-8-16(18)20-26-21(31-27-20)15-10-11-17-19(12-15)25-23(30)28(22(17)29)13-14-6-2-1-3-7-14/h1-9,15,17,19H,10-13H2,(H,25,30). The Morgan fingerprint density at radius 1 is 1.06 bits per heavy atom. The van der Waals surface area contributed by atoms with E-state index >= 15 is 0 Å². The fourth-order valence-electron chi connectivity index (χ4n) is 4.46. The second-order valence-corrected chi connectivity index (χ2v) is 8.43. The Morgan fingerprint density at radius 2 is 1.84 bits per heavy atom. The molecule has 0 bridgehead atoms. The van der Waals surface area contributed by atoms with Gasteiger partial charge >= 0.3 is 6.03 Å². The highest BCUT2D eigenvalue weighted by Gasteiger charge is 2.45. The number of carbonyl (C=O) groups excluding carboxylic acids is 2. The predicted molar refractivity (Wildman–Crippen MR) is 114 cm³/mol. The third-order valence-electron chi connectivity index (χ3n) is 6.08. The van der Waals surface area contributed by atoms with Gasteiger partial charge in [0.1, 0.15) is 0 Å². The first-order chi connectivity index (χ1) is 15.1. The van der Waals surface area contributed by atoms with Crippen LogP contribution in [-0.4, -0.2) is 33.0 Å². The third-order valence-corrected chi connectivity index (χ3v) is 6.41. The molecule has 3 unspecified atom stereocenters. The summed E-state index contributed by atoms with van der Waals surface area (Å²) in [5.41, 5.74) is 1.64. The molecule has 3 atom stereocenters. The maximum atomic E-state index is 13.0. The minimum atomic E-state index is -0.349. The van der Waals surface area contributed by atoms with Gasteiger partial charge in [-0.3, -0.25) is 9.69 Å². The van der Waals surface area contributed by atoms with Crippen molar-refractivity contribution in [3.8, 4) is 11.4 Å². The van der Waals surface area contributed by atoms with Crippen LogP contribution in [0, 0.1) is 5.92 Å². The lowest BCUT2D eigenvalue weighted by Crippen LogP contribution is -2.60. The van der Waals surface area contributed by atoms with Crippen LogP contribution >= 0.6 is 11.6 Å². The van der Waals surface area contributed by atoms with Crippen molar-refractivity contribution in [1.29, 1.82) is 0 Å². The van der Waals surface area contributed by atoms with Gasteiger partial charge in [-0.25, -0.2) is 4.79 Å². The highest BCUT2D eigenvalue weighted by atomic mass is 35.5. The van der Waals surface area contributed by atoms with Crippen molar-refractivity contribution in [2.24, 2.45) is 5.92 Å². The monoisotopic (exact) mass is 436 g/mol. The van der Waals surface area contributed by atoms with Gasteiger partial charge in [0.05, 0.1) is 17.5 Å². The molecule has 3 aromatic rings. The van der Waals surface area contributed by atoms with Crippen molar-refractivity contribution in [3.63, 3.8) is 0 Å². The Labute approximate surface area is 184 Å². The number of amides is 3. The average molecular weight is 437 g/mol. The molecule has 2 fully saturated rings. The van der Waals surface area contributed by atoms with Crippen LogP contribution < -0.4 is 5.32 Å². The van der Waals surface area contributed by atoms with E-state index in [1.54, 1.807) is 6.07 Å². The van der Waals surface area contributed by atoms with Gasteiger partial charge in [-0.15, -0.1) is 0 Å². The molecular weight excluding hydrogens is 416 g/mol. The van der Waals surface area contributed by atoms with Crippen molar-refractivity contribution in [3.05, 3.63) is 71.1 Å². The molecule has 1 N–H and O–H groups in total. The van der Waals surface area contributed by atoms with Gasteiger partial charge in [0.25, 0.3) is 0 Å². The number of imide groups is 1. The van der Waals surface area contributed by atoms with Crippen LogP contribution in [0.2, 0.25) is 5.02 Å². The van der Waals surface area contributed by atoms with Crippen molar-refractivity contribution in [2.75, 3.05) is 0 Å². The molecular formula is C23H21ClN4O3. The lowest BCUT2D eigenvalue weighted by molar-refractivity contribution is -0.137. The summed E-state index contributed by atoms with van der Waals surface area (Å²) in [5.74, 6) is 0.600. The van der Waals surface area contributed by atoms with E-state index in [2.05, 4.69) is 15.5 Å². The van der Waals surface area contributed by atoms with Crippen molar-refractivity contribution >= 4 is 23.5 Å². The number of benzene rings is 2. The Hall–Kier alpha value is -3.19. The molecule has 7 nitrogen and oxygen atoms in total. The molecule has 2 heterocycles. The molecule has 1 aromatic heterocycles. The largest absolute Gasteiger partial charge is 0.339 e. The number of hydrogen-bond donors (Lipinski definition) is 1. The summed E-state index contributed by atoms with van der Waals surface area (Å²) >= 11 is 6.24. The minimum Gasteiger partial charge on any atom is -0.339 e. The zero-order valence-corrected chi connectivity index (χ0v) is 17.5. The van der Waals surface area contributed by atoms with Crippen LogP contribution in [0.1, 0.15) is 36.6 Å². The predicted octanol–water partition coefficient (Wildman–Crippen LogP) is 4.39. The number of hydrogen-bond acceptors (Lipinski definition) is 5. The van der Waals surface area contributed by atoms with E-state index in [0.29, 0.717) is 35.1 Å². The normalized spacial score (nSPS) is 23.4. The maximum Gasteiger partial charge on any atom is 0.324 e. The first-order valence-electron chi connectivity index (χ1n) is 10.3. The zero-order chi connectivity index (χ0) is 21.4. The van der Waals surface area contributed by atoms with E-state index < -0.39 is 0 Å². The number of nitrogens with zero attached hydrogens (tertiary/aromatic N) is 3. The number of urea groups is 1. The Bertz CT molecular complexity index is 1120. The van der Waals surface area contributed by atoms with E-state index in [1.807, 2.05) is 48.5 Å². The quantitative estimate of drug-likeness (QED) is 0.655. The second-order valence-electron chi connectivity index (χ2n) is 8.02. The fraction of sp³-hybridized carbons (Fsp3) is 0.304. The Kier molecular flexibility index (Phi) is 5.19. The molecule has 158 valence electrons. The Balaban J connectivity index is 1.29. The first-order valence-corrected chi connectivity index (χ1v) is 10.7. The second kappa shape index (κ2) is 8.15. The summed E-state index contributed by atoms with van der Waals surface area (Å²) in [6.45, 7) is 0.281. The molecule has 0 spiro atoms. The average Bonchev–Trinajstić information content (AvgIpc) is 3.27. The van der Waals surface area contributed by atoms with E-state index in [1.165, 1.54) is 4.90 Å². The first kappa shape index (κ1) is 19.8. The molecule has 2 aliphatic rings. The number of carbonyl (C=O) groups is 2. The number of nitrogens with one attached hydrogen (secondary N) is 1. The lowest BCUT2D eigenvalue weighted by Gasteiger charge is -2.41. The van der Waals surface area contributed by atoms with Crippen LogP contribution in [0.15, 0.2) is 59.1 Å². The van der Waals surface area contributed by atoms with E-state index in [4.69, 9.17) is 16.1 Å².